The standard InChI is InChI=1S/C13H20N2O.CH5N/c1-10-13(16-9-11-4-2-5-11)8-15(14-10)12-6-3-7-12;1-2/h8,11-12H,2-7,9H2,1H3;2H2,1H3. The lowest BCUT2D eigenvalue weighted by molar-refractivity contribution is 0.179. The molecule has 1 heterocycles. The fourth-order valence-electron chi connectivity index (χ4n) is 2.31. The highest BCUT2D eigenvalue weighted by molar-refractivity contribution is 5.23. The molecule has 2 fully saturated rings. The third-order valence-corrected chi connectivity index (χ3v) is 4.02. The monoisotopic (exact) mass is 251 g/mol. The van der Waals surface area contributed by atoms with E-state index in [1.54, 1.807) is 0 Å². The number of aromatic nitrogens is 2. The van der Waals surface area contributed by atoms with E-state index in [9.17, 15) is 0 Å². The molecule has 0 aliphatic heterocycles. The minimum absolute atomic E-state index is 0.639. The molecule has 1 aromatic heterocycles. The van der Waals surface area contributed by atoms with Gasteiger partial charge < -0.3 is 10.5 Å². The molecule has 2 saturated carbocycles. The topological polar surface area (TPSA) is 53.1 Å². The lowest BCUT2D eigenvalue weighted by Gasteiger charge is -2.25. The quantitative estimate of drug-likeness (QED) is 0.895. The van der Waals surface area contributed by atoms with Crippen LogP contribution in [0.5, 0.6) is 5.75 Å². The van der Waals surface area contributed by atoms with Crippen LogP contribution in [0, 0.1) is 12.8 Å². The van der Waals surface area contributed by atoms with Gasteiger partial charge in [0.05, 0.1) is 18.8 Å². The zero-order chi connectivity index (χ0) is 13.0. The van der Waals surface area contributed by atoms with Gasteiger partial charge in [0.2, 0.25) is 0 Å². The average Bonchev–Trinajstić information content (AvgIpc) is 2.58. The van der Waals surface area contributed by atoms with Crippen LogP contribution in [-0.2, 0) is 0 Å². The zero-order valence-corrected chi connectivity index (χ0v) is 11.6. The normalized spacial score (nSPS) is 19.5. The summed E-state index contributed by atoms with van der Waals surface area (Å²) in [6.45, 7) is 2.93. The first kappa shape index (κ1) is 13.4. The number of aryl methyl sites for hydroxylation is 1. The summed E-state index contributed by atoms with van der Waals surface area (Å²) in [6, 6.07) is 0.639. The number of nitrogens with zero attached hydrogens (tertiary/aromatic N) is 2. The molecule has 3 rings (SSSR count). The van der Waals surface area contributed by atoms with Gasteiger partial charge in [-0.15, -0.1) is 0 Å². The van der Waals surface area contributed by atoms with Crippen molar-refractivity contribution in [1.29, 1.82) is 0 Å². The summed E-state index contributed by atoms with van der Waals surface area (Å²) in [6.07, 6.45) is 10.1. The molecule has 0 spiro atoms. The van der Waals surface area contributed by atoms with Crippen molar-refractivity contribution in [3.05, 3.63) is 11.9 Å². The van der Waals surface area contributed by atoms with E-state index in [4.69, 9.17) is 4.74 Å². The smallest absolute Gasteiger partial charge is 0.160 e. The Morgan fingerprint density at radius 1 is 1.28 bits per heavy atom. The van der Waals surface area contributed by atoms with E-state index in [0.29, 0.717) is 6.04 Å². The third-order valence-electron chi connectivity index (χ3n) is 4.02. The second kappa shape index (κ2) is 6.23. The van der Waals surface area contributed by atoms with Crippen molar-refractivity contribution >= 4 is 0 Å². The van der Waals surface area contributed by atoms with E-state index in [-0.39, 0.29) is 0 Å². The summed E-state index contributed by atoms with van der Waals surface area (Å²) in [4.78, 5) is 0. The van der Waals surface area contributed by atoms with Crippen LogP contribution in [0.15, 0.2) is 6.20 Å². The van der Waals surface area contributed by atoms with Crippen LogP contribution in [0.25, 0.3) is 0 Å². The van der Waals surface area contributed by atoms with Gasteiger partial charge in [-0.1, -0.05) is 6.42 Å². The van der Waals surface area contributed by atoms with Crippen molar-refractivity contribution in [1.82, 2.24) is 9.78 Å². The van der Waals surface area contributed by atoms with Crippen molar-refractivity contribution in [2.45, 2.75) is 51.5 Å². The zero-order valence-electron chi connectivity index (χ0n) is 11.6. The summed E-state index contributed by atoms with van der Waals surface area (Å²) in [5.74, 6) is 1.80. The highest BCUT2D eigenvalue weighted by atomic mass is 16.5. The van der Waals surface area contributed by atoms with E-state index in [1.807, 2.05) is 6.92 Å². The molecular formula is C14H25N3O. The van der Waals surface area contributed by atoms with Crippen LogP contribution >= 0.6 is 0 Å². The molecule has 0 saturated heterocycles. The van der Waals surface area contributed by atoms with Crippen LogP contribution in [0.2, 0.25) is 0 Å². The Morgan fingerprint density at radius 3 is 2.44 bits per heavy atom. The first-order chi connectivity index (χ1) is 8.83. The molecule has 0 bridgehead atoms. The Hall–Kier alpha value is -1.03. The van der Waals surface area contributed by atoms with Crippen molar-refractivity contribution < 1.29 is 4.74 Å². The van der Waals surface area contributed by atoms with E-state index >= 15 is 0 Å². The van der Waals surface area contributed by atoms with Gasteiger partial charge in [0.1, 0.15) is 5.69 Å². The molecule has 18 heavy (non-hydrogen) atoms. The van der Waals surface area contributed by atoms with E-state index in [0.717, 1.165) is 24.0 Å². The predicted molar refractivity (Wildman–Crippen MR) is 72.8 cm³/mol. The molecule has 2 aliphatic rings. The average molecular weight is 251 g/mol. The fraction of sp³-hybridized carbons (Fsp3) is 0.786. The molecular weight excluding hydrogens is 226 g/mol. The Balaban J connectivity index is 0.000000574. The fourth-order valence-corrected chi connectivity index (χ4v) is 2.31. The second-order valence-corrected chi connectivity index (χ2v) is 5.25. The van der Waals surface area contributed by atoms with Gasteiger partial charge in [-0.05, 0) is 52.0 Å². The van der Waals surface area contributed by atoms with Crippen molar-refractivity contribution in [3.8, 4) is 5.75 Å². The maximum absolute atomic E-state index is 5.86. The number of nitrogens with two attached hydrogens (primary N) is 1. The van der Waals surface area contributed by atoms with Crippen molar-refractivity contribution in [3.63, 3.8) is 0 Å². The van der Waals surface area contributed by atoms with Gasteiger partial charge in [0.15, 0.2) is 5.75 Å². The molecule has 2 aliphatic carbocycles. The van der Waals surface area contributed by atoms with Gasteiger partial charge in [-0.25, -0.2) is 0 Å². The van der Waals surface area contributed by atoms with Gasteiger partial charge in [-0.3, -0.25) is 4.68 Å². The van der Waals surface area contributed by atoms with Gasteiger partial charge in [0.25, 0.3) is 0 Å². The minimum Gasteiger partial charge on any atom is -0.490 e. The van der Waals surface area contributed by atoms with Crippen LogP contribution in [0.1, 0.15) is 50.3 Å². The summed E-state index contributed by atoms with van der Waals surface area (Å²) >= 11 is 0. The van der Waals surface area contributed by atoms with Crippen molar-refractivity contribution in [2.75, 3.05) is 13.7 Å². The Labute approximate surface area is 110 Å². The Kier molecular flexibility index (Phi) is 4.64. The molecule has 0 radical (unpaired) electrons. The lowest BCUT2D eigenvalue weighted by Crippen LogP contribution is -2.19. The number of ether oxygens (including phenoxy) is 1. The van der Waals surface area contributed by atoms with Gasteiger partial charge in [-0.2, -0.15) is 5.10 Å². The van der Waals surface area contributed by atoms with Crippen LogP contribution in [-0.4, -0.2) is 23.4 Å². The molecule has 102 valence electrons. The Bertz CT molecular complexity index is 367. The molecule has 0 unspecified atom stereocenters. The molecule has 2 N–H and O–H groups in total. The number of hydrogen-bond donors (Lipinski definition) is 1. The van der Waals surface area contributed by atoms with Gasteiger partial charge in [0, 0.05) is 0 Å². The molecule has 0 atom stereocenters. The number of hydrogen-bond acceptors (Lipinski definition) is 3. The maximum Gasteiger partial charge on any atom is 0.160 e. The summed E-state index contributed by atoms with van der Waals surface area (Å²) in [5, 5.41) is 4.55. The van der Waals surface area contributed by atoms with Crippen LogP contribution in [0.4, 0.5) is 0 Å². The third kappa shape index (κ3) is 2.86. The highest BCUT2D eigenvalue weighted by Gasteiger charge is 2.22. The lowest BCUT2D eigenvalue weighted by atomic mass is 9.86. The summed E-state index contributed by atoms with van der Waals surface area (Å²) in [5.41, 5.74) is 5.55. The molecule has 0 amide bonds. The van der Waals surface area contributed by atoms with Gasteiger partial charge >= 0.3 is 0 Å². The van der Waals surface area contributed by atoms with Crippen LogP contribution < -0.4 is 10.5 Å². The summed E-state index contributed by atoms with van der Waals surface area (Å²) < 4.78 is 7.96. The maximum atomic E-state index is 5.86. The van der Waals surface area contributed by atoms with E-state index in [2.05, 4.69) is 21.7 Å². The Morgan fingerprint density at radius 2 is 1.94 bits per heavy atom. The largest absolute Gasteiger partial charge is 0.490 e. The molecule has 0 aromatic carbocycles. The molecule has 1 aromatic rings. The van der Waals surface area contributed by atoms with Crippen molar-refractivity contribution in [2.24, 2.45) is 11.7 Å². The predicted octanol–water partition coefficient (Wildman–Crippen LogP) is 2.67. The SMILES string of the molecule is CN.Cc1nn(C2CCC2)cc1OCC1CCC1. The first-order valence-electron chi connectivity index (χ1n) is 7.09. The molecule has 4 nitrogen and oxygen atoms in total. The summed E-state index contributed by atoms with van der Waals surface area (Å²) in [7, 11) is 1.50. The van der Waals surface area contributed by atoms with E-state index < -0.39 is 0 Å². The molecule has 4 heteroatoms. The first-order valence-corrected chi connectivity index (χ1v) is 7.09. The second-order valence-electron chi connectivity index (χ2n) is 5.25. The number of rotatable bonds is 4. The minimum atomic E-state index is 0.639. The van der Waals surface area contributed by atoms with E-state index in [1.165, 1.54) is 45.6 Å². The highest BCUT2D eigenvalue weighted by Crippen LogP contribution is 2.33. The van der Waals surface area contributed by atoms with Crippen LogP contribution in [0.3, 0.4) is 0 Å².